The molecule has 1 aromatic carbocycles. The molecule has 0 aromatic heterocycles. The molecule has 1 saturated heterocycles. The summed E-state index contributed by atoms with van der Waals surface area (Å²) < 4.78 is 0. The van der Waals surface area contributed by atoms with Crippen LogP contribution in [-0.2, 0) is 6.42 Å². The van der Waals surface area contributed by atoms with Crippen molar-refractivity contribution < 1.29 is 5.11 Å². The van der Waals surface area contributed by atoms with E-state index in [4.69, 9.17) is 0 Å². The van der Waals surface area contributed by atoms with Gasteiger partial charge in [-0.25, -0.2) is 0 Å². The summed E-state index contributed by atoms with van der Waals surface area (Å²) in [7, 11) is 0. The van der Waals surface area contributed by atoms with E-state index in [0.717, 1.165) is 25.9 Å². The Morgan fingerprint density at radius 3 is 2.25 bits per heavy atom. The molecule has 2 heteroatoms. The minimum atomic E-state index is -0.263. The van der Waals surface area contributed by atoms with Gasteiger partial charge < -0.3 is 5.11 Å². The number of aliphatic hydroxyl groups excluding tert-OH is 1. The SMILES string of the molecule is CC(C)(C(O)CCc1ccccc1)N1CCCCCC1. The van der Waals surface area contributed by atoms with E-state index in [1.807, 2.05) is 6.07 Å². The highest BCUT2D eigenvalue weighted by atomic mass is 16.3. The highest BCUT2D eigenvalue weighted by Crippen LogP contribution is 2.25. The fourth-order valence-electron chi connectivity index (χ4n) is 3.16. The Balaban J connectivity index is 1.90. The maximum Gasteiger partial charge on any atom is 0.0721 e. The third kappa shape index (κ3) is 4.07. The molecule has 1 aliphatic heterocycles. The molecule has 1 atom stereocenters. The number of benzene rings is 1. The van der Waals surface area contributed by atoms with Crippen LogP contribution in [0.4, 0.5) is 0 Å². The van der Waals surface area contributed by atoms with Gasteiger partial charge in [0.15, 0.2) is 0 Å². The fraction of sp³-hybridized carbons (Fsp3) is 0.667. The van der Waals surface area contributed by atoms with Gasteiger partial charge in [0.25, 0.3) is 0 Å². The number of aryl methyl sites for hydroxylation is 1. The van der Waals surface area contributed by atoms with Gasteiger partial charge in [0.2, 0.25) is 0 Å². The lowest BCUT2D eigenvalue weighted by molar-refractivity contribution is -0.0124. The highest BCUT2D eigenvalue weighted by molar-refractivity contribution is 5.15. The number of nitrogens with zero attached hydrogens (tertiary/aromatic N) is 1. The molecule has 0 bridgehead atoms. The van der Waals surface area contributed by atoms with Gasteiger partial charge in [0, 0.05) is 5.54 Å². The number of rotatable bonds is 5. The molecule has 0 aliphatic carbocycles. The summed E-state index contributed by atoms with van der Waals surface area (Å²) >= 11 is 0. The van der Waals surface area contributed by atoms with Gasteiger partial charge in [0.1, 0.15) is 0 Å². The highest BCUT2D eigenvalue weighted by Gasteiger charge is 2.33. The Bertz CT molecular complexity index is 380. The zero-order chi connectivity index (χ0) is 14.4. The smallest absolute Gasteiger partial charge is 0.0721 e. The zero-order valence-electron chi connectivity index (χ0n) is 13.0. The van der Waals surface area contributed by atoms with Crippen LogP contribution in [0, 0.1) is 0 Å². The number of hydrogen-bond donors (Lipinski definition) is 1. The van der Waals surface area contributed by atoms with E-state index in [2.05, 4.69) is 43.0 Å². The summed E-state index contributed by atoms with van der Waals surface area (Å²) in [6.07, 6.45) is 6.76. The lowest BCUT2D eigenvalue weighted by Crippen LogP contribution is -2.52. The first-order valence-electron chi connectivity index (χ1n) is 8.08. The van der Waals surface area contributed by atoms with Crippen molar-refractivity contribution in [1.82, 2.24) is 4.90 Å². The molecule has 1 unspecified atom stereocenters. The van der Waals surface area contributed by atoms with Crippen molar-refractivity contribution in [3.63, 3.8) is 0 Å². The lowest BCUT2D eigenvalue weighted by Gasteiger charge is -2.41. The van der Waals surface area contributed by atoms with Crippen molar-refractivity contribution in [3.8, 4) is 0 Å². The van der Waals surface area contributed by atoms with Gasteiger partial charge >= 0.3 is 0 Å². The van der Waals surface area contributed by atoms with Crippen molar-refractivity contribution in [3.05, 3.63) is 35.9 Å². The Labute approximate surface area is 123 Å². The van der Waals surface area contributed by atoms with Crippen LogP contribution in [0.3, 0.4) is 0 Å². The van der Waals surface area contributed by atoms with Crippen molar-refractivity contribution >= 4 is 0 Å². The molecule has 0 saturated carbocycles. The molecule has 0 spiro atoms. The molecule has 0 amide bonds. The Hall–Kier alpha value is -0.860. The first-order valence-corrected chi connectivity index (χ1v) is 8.08. The van der Waals surface area contributed by atoms with E-state index in [0.29, 0.717) is 0 Å². The summed E-state index contributed by atoms with van der Waals surface area (Å²) in [4.78, 5) is 2.50. The van der Waals surface area contributed by atoms with Gasteiger partial charge in [-0.2, -0.15) is 0 Å². The second-order valence-electron chi connectivity index (χ2n) is 6.59. The average Bonchev–Trinajstić information content (AvgIpc) is 2.75. The normalized spacial score (nSPS) is 19.6. The number of likely N-dealkylation sites (tertiary alicyclic amines) is 1. The largest absolute Gasteiger partial charge is 0.391 e. The van der Waals surface area contributed by atoms with E-state index < -0.39 is 0 Å². The molecule has 0 radical (unpaired) electrons. The molecule has 1 N–H and O–H groups in total. The zero-order valence-corrected chi connectivity index (χ0v) is 13.0. The summed E-state index contributed by atoms with van der Waals surface area (Å²) in [6, 6.07) is 10.5. The van der Waals surface area contributed by atoms with Gasteiger partial charge in [-0.15, -0.1) is 0 Å². The maximum atomic E-state index is 10.6. The molecular weight excluding hydrogens is 246 g/mol. The summed E-state index contributed by atoms with van der Waals surface area (Å²) in [6.45, 7) is 6.67. The summed E-state index contributed by atoms with van der Waals surface area (Å²) in [5.74, 6) is 0. The van der Waals surface area contributed by atoms with Crippen LogP contribution in [0.2, 0.25) is 0 Å². The van der Waals surface area contributed by atoms with Crippen molar-refractivity contribution in [2.24, 2.45) is 0 Å². The second kappa shape index (κ2) is 7.24. The Kier molecular flexibility index (Phi) is 5.62. The molecule has 2 rings (SSSR count). The minimum absolute atomic E-state index is 0.112. The average molecular weight is 275 g/mol. The van der Waals surface area contributed by atoms with Crippen molar-refractivity contribution in [2.75, 3.05) is 13.1 Å². The third-order valence-corrected chi connectivity index (χ3v) is 4.79. The van der Waals surface area contributed by atoms with E-state index in [-0.39, 0.29) is 11.6 Å². The molecule has 1 aliphatic rings. The standard InChI is InChI=1S/C18H29NO/c1-18(2,19-14-8-3-4-9-15-19)17(20)13-12-16-10-6-5-7-11-16/h5-7,10-11,17,20H,3-4,8-9,12-15H2,1-2H3. The first kappa shape index (κ1) is 15.5. The van der Waals surface area contributed by atoms with Gasteiger partial charge in [0.05, 0.1) is 6.10 Å². The van der Waals surface area contributed by atoms with Gasteiger partial charge in [-0.1, -0.05) is 43.2 Å². The van der Waals surface area contributed by atoms with Crippen LogP contribution >= 0.6 is 0 Å². The van der Waals surface area contributed by atoms with E-state index >= 15 is 0 Å². The molecule has 2 nitrogen and oxygen atoms in total. The van der Waals surface area contributed by atoms with Gasteiger partial charge in [-0.05, 0) is 58.2 Å². The van der Waals surface area contributed by atoms with Crippen molar-refractivity contribution in [1.29, 1.82) is 0 Å². The summed E-state index contributed by atoms with van der Waals surface area (Å²) in [5.41, 5.74) is 1.21. The monoisotopic (exact) mass is 275 g/mol. The summed E-state index contributed by atoms with van der Waals surface area (Å²) in [5, 5.41) is 10.6. The molecule has 20 heavy (non-hydrogen) atoms. The quantitative estimate of drug-likeness (QED) is 0.887. The van der Waals surface area contributed by atoms with E-state index in [1.54, 1.807) is 0 Å². The van der Waals surface area contributed by atoms with Gasteiger partial charge in [-0.3, -0.25) is 4.90 Å². The Morgan fingerprint density at radius 1 is 1.05 bits per heavy atom. The number of aliphatic hydroxyl groups is 1. The first-order chi connectivity index (χ1) is 9.60. The topological polar surface area (TPSA) is 23.5 Å². The lowest BCUT2D eigenvalue weighted by atomic mass is 9.90. The van der Waals surface area contributed by atoms with Crippen LogP contribution in [0.25, 0.3) is 0 Å². The van der Waals surface area contributed by atoms with Crippen LogP contribution in [0.1, 0.15) is 51.5 Å². The van der Waals surface area contributed by atoms with Crippen LogP contribution in [0.5, 0.6) is 0 Å². The predicted octanol–water partition coefficient (Wildman–Crippen LogP) is 3.63. The van der Waals surface area contributed by atoms with E-state index in [9.17, 15) is 5.11 Å². The fourth-order valence-corrected chi connectivity index (χ4v) is 3.16. The third-order valence-electron chi connectivity index (χ3n) is 4.79. The minimum Gasteiger partial charge on any atom is -0.391 e. The maximum absolute atomic E-state index is 10.6. The van der Waals surface area contributed by atoms with Crippen LogP contribution < -0.4 is 0 Å². The van der Waals surface area contributed by atoms with Crippen LogP contribution in [0.15, 0.2) is 30.3 Å². The molecular formula is C18H29NO. The van der Waals surface area contributed by atoms with Crippen LogP contribution in [-0.4, -0.2) is 34.7 Å². The molecule has 1 fully saturated rings. The predicted molar refractivity (Wildman–Crippen MR) is 84.9 cm³/mol. The number of hydrogen-bond acceptors (Lipinski definition) is 2. The Morgan fingerprint density at radius 2 is 1.65 bits per heavy atom. The van der Waals surface area contributed by atoms with Crippen molar-refractivity contribution in [2.45, 2.75) is 64.0 Å². The molecule has 1 aromatic rings. The molecule has 1 heterocycles. The second-order valence-corrected chi connectivity index (χ2v) is 6.59. The van der Waals surface area contributed by atoms with E-state index in [1.165, 1.54) is 31.2 Å². The molecule has 112 valence electrons.